The van der Waals surface area contributed by atoms with Gasteiger partial charge in [-0.05, 0) is 6.54 Å². The summed E-state index contributed by atoms with van der Waals surface area (Å²) in [4.78, 5) is 22.9. The fraction of sp³-hybridized carbons (Fsp3) is 0.692. The van der Waals surface area contributed by atoms with E-state index in [2.05, 4.69) is 19.6 Å². The highest BCUT2D eigenvalue weighted by Crippen LogP contribution is 2.22. The van der Waals surface area contributed by atoms with Crippen molar-refractivity contribution in [1.29, 1.82) is 0 Å². The number of rotatable bonds is 5. The Bertz CT molecular complexity index is 478. The molecule has 2 heterocycles. The summed E-state index contributed by atoms with van der Waals surface area (Å²) in [6.45, 7) is 2.35. The molecule has 0 radical (unpaired) electrons. The minimum absolute atomic E-state index is 0.0830. The molecule has 22 heavy (non-hydrogen) atoms. The van der Waals surface area contributed by atoms with E-state index in [9.17, 15) is 18.0 Å². The van der Waals surface area contributed by atoms with Crippen LogP contribution in [0.3, 0.4) is 0 Å². The number of nitrogens with zero attached hydrogens (tertiary/aromatic N) is 3. The molecule has 1 aromatic heterocycles. The number of alkyl halides is 3. The summed E-state index contributed by atoms with van der Waals surface area (Å²) >= 11 is 0. The van der Waals surface area contributed by atoms with E-state index in [4.69, 9.17) is 0 Å². The van der Waals surface area contributed by atoms with Gasteiger partial charge in [0, 0.05) is 32.0 Å². The van der Waals surface area contributed by atoms with Gasteiger partial charge in [-0.2, -0.15) is 13.2 Å². The third-order valence-electron chi connectivity index (χ3n) is 3.58. The molecular weight excluding hydrogens is 301 g/mol. The second kappa shape index (κ2) is 7.10. The molecule has 1 N–H and O–H groups in total. The lowest BCUT2D eigenvalue weighted by Crippen LogP contribution is -2.51. The maximum absolute atomic E-state index is 12.0. The number of carbonyl (C=O) groups is 1. The van der Waals surface area contributed by atoms with Crippen molar-refractivity contribution in [3.63, 3.8) is 0 Å². The van der Waals surface area contributed by atoms with Crippen LogP contribution in [0.15, 0.2) is 12.4 Å². The number of carbonyl (C=O) groups excluding carboxylic acids is 1. The first-order valence-corrected chi connectivity index (χ1v) is 7.06. The van der Waals surface area contributed by atoms with Crippen molar-refractivity contribution < 1.29 is 22.7 Å². The largest absolute Gasteiger partial charge is 0.411 e. The molecule has 124 valence electrons. The number of imidazole rings is 1. The summed E-state index contributed by atoms with van der Waals surface area (Å²) in [6.07, 6.45) is -1.08. The van der Waals surface area contributed by atoms with Gasteiger partial charge in [0.1, 0.15) is 19.0 Å². The summed E-state index contributed by atoms with van der Waals surface area (Å²) in [5.74, 6) is 0.312. The Hall–Kier alpha value is -1.61. The molecular formula is C13H19F3N4O2. The minimum atomic E-state index is -4.42. The molecule has 1 aliphatic rings. The SMILES string of the molecule is CCN1CCN(C(=O)COCC(F)(F)F)CC1c1ncc[nH]1. The number of likely N-dealkylation sites (N-methyl/N-ethyl adjacent to an activating group) is 1. The van der Waals surface area contributed by atoms with Crippen LogP contribution in [-0.4, -0.2) is 71.2 Å². The van der Waals surface area contributed by atoms with Gasteiger partial charge in [0.2, 0.25) is 5.91 Å². The maximum atomic E-state index is 12.0. The van der Waals surface area contributed by atoms with Crippen LogP contribution in [0.1, 0.15) is 18.8 Å². The fourth-order valence-electron chi connectivity index (χ4n) is 2.49. The average Bonchev–Trinajstić information content (AvgIpc) is 2.99. The van der Waals surface area contributed by atoms with Crippen LogP contribution >= 0.6 is 0 Å². The molecule has 1 unspecified atom stereocenters. The summed E-state index contributed by atoms with van der Waals surface area (Å²) in [6, 6.07) is -0.0830. The number of aromatic amines is 1. The van der Waals surface area contributed by atoms with Crippen LogP contribution in [-0.2, 0) is 9.53 Å². The lowest BCUT2D eigenvalue weighted by Gasteiger charge is -2.40. The number of amides is 1. The molecule has 1 amide bonds. The maximum Gasteiger partial charge on any atom is 0.411 e. The highest BCUT2D eigenvalue weighted by Gasteiger charge is 2.32. The standard InChI is InChI=1S/C13H19F3N4O2/c1-2-19-5-6-20(7-10(19)12-17-3-4-18-12)11(21)8-22-9-13(14,15)16/h3-4,10H,2,5-9H2,1H3,(H,17,18). The molecule has 0 bridgehead atoms. The summed E-state index contributed by atoms with van der Waals surface area (Å²) < 4.78 is 40.5. The molecule has 1 fully saturated rings. The third-order valence-corrected chi connectivity index (χ3v) is 3.58. The van der Waals surface area contributed by atoms with Gasteiger partial charge in [-0.15, -0.1) is 0 Å². The zero-order chi connectivity index (χ0) is 16.2. The number of halogens is 3. The van der Waals surface area contributed by atoms with Crippen LogP contribution in [0.25, 0.3) is 0 Å². The lowest BCUT2D eigenvalue weighted by atomic mass is 10.1. The molecule has 9 heteroatoms. The Balaban J connectivity index is 1.91. The number of aromatic nitrogens is 2. The Kier molecular flexibility index (Phi) is 5.41. The lowest BCUT2D eigenvalue weighted by molar-refractivity contribution is -0.178. The number of hydrogen-bond acceptors (Lipinski definition) is 4. The average molecular weight is 320 g/mol. The number of ether oxygens (including phenoxy) is 1. The van der Waals surface area contributed by atoms with Crippen LogP contribution < -0.4 is 0 Å². The molecule has 6 nitrogen and oxygen atoms in total. The van der Waals surface area contributed by atoms with E-state index in [1.165, 1.54) is 4.90 Å². The van der Waals surface area contributed by atoms with Crippen LogP contribution in [0.4, 0.5) is 13.2 Å². The van der Waals surface area contributed by atoms with E-state index in [1.807, 2.05) is 6.92 Å². The van der Waals surface area contributed by atoms with Gasteiger partial charge in [-0.3, -0.25) is 9.69 Å². The first kappa shape index (κ1) is 16.8. The molecule has 1 saturated heterocycles. The monoisotopic (exact) mass is 320 g/mol. The smallest absolute Gasteiger partial charge is 0.362 e. The zero-order valence-corrected chi connectivity index (χ0v) is 12.3. The topological polar surface area (TPSA) is 61.5 Å². The van der Waals surface area contributed by atoms with Crippen LogP contribution in [0, 0.1) is 0 Å². The first-order valence-electron chi connectivity index (χ1n) is 7.06. The van der Waals surface area contributed by atoms with Gasteiger partial charge >= 0.3 is 6.18 Å². The van der Waals surface area contributed by atoms with Crippen LogP contribution in [0.5, 0.6) is 0 Å². The molecule has 2 rings (SSSR count). The fourth-order valence-corrected chi connectivity index (χ4v) is 2.49. The molecule has 0 saturated carbocycles. The number of hydrogen-bond donors (Lipinski definition) is 1. The van der Waals surface area contributed by atoms with Gasteiger partial charge < -0.3 is 14.6 Å². The van der Waals surface area contributed by atoms with Crippen molar-refractivity contribution in [3.8, 4) is 0 Å². The third kappa shape index (κ3) is 4.44. The Morgan fingerprint density at radius 3 is 2.86 bits per heavy atom. The van der Waals surface area contributed by atoms with E-state index in [1.54, 1.807) is 12.4 Å². The second-order valence-electron chi connectivity index (χ2n) is 5.07. The highest BCUT2D eigenvalue weighted by atomic mass is 19.4. The van der Waals surface area contributed by atoms with Crippen molar-refractivity contribution in [3.05, 3.63) is 18.2 Å². The predicted molar refractivity (Wildman–Crippen MR) is 72.0 cm³/mol. The number of H-pyrrole nitrogens is 1. The number of nitrogens with one attached hydrogen (secondary N) is 1. The number of piperazine rings is 1. The Labute approximate surface area is 126 Å². The van der Waals surface area contributed by atoms with Crippen molar-refractivity contribution in [1.82, 2.24) is 19.8 Å². The zero-order valence-electron chi connectivity index (χ0n) is 12.3. The first-order chi connectivity index (χ1) is 10.4. The van der Waals surface area contributed by atoms with Crippen LogP contribution in [0.2, 0.25) is 0 Å². The summed E-state index contributed by atoms with van der Waals surface area (Å²) in [5, 5.41) is 0. The highest BCUT2D eigenvalue weighted by molar-refractivity contribution is 5.77. The van der Waals surface area contributed by atoms with Gasteiger partial charge in [0.25, 0.3) is 0 Å². The van der Waals surface area contributed by atoms with Gasteiger partial charge in [0.15, 0.2) is 0 Å². The van der Waals surface area contributed by atoms with Crippen molar-refractivity contribution >= 4 is 5.91 Å². The summed E-state index contributed by atoms with van der Waals surface area (Å²) in [5.41, 5.74) is 0. The second-order valence-corrected chi connectivity index (χ2v) is 5.07. The molecule has 1 aliphatic heterocycles. The molecule has 1 atom stereocenters. The van der Waals surface area contributed by atoms with E-state index in [-0.39, 0.29) is 6.04 Å². The Morgan fingerprint density at radius 1 is 1.50 bits per heavy atom. The van der Waals surface area contributed by atoms with Crippen molar-refractivity contribution in [2.24, 2.45) is 0 Å². The van der Waals surface area contributed by atoms with Crippen molar-refractivity contribution in [2.75, 3.05) is 39.4 Å². The normalized spacial score (nSPS) is 20.4. The van der Waals surface area contributed by atoms with Gasteiger partial charge in [-0.1, -0.05) is 6.92 Å². The predicted octanol–water partition coefficient (Wildman–Crippen LogP) is 1.19. The molecule has 1 aromatic rings. The van der Waals surface area contributed by atoms with Crippen molar-refractivity contribution in [2.45, 2.75) is 19.1 Å². The van der Waals surface area contributed by atoms with Gasteiger partial charge in [0.05, 0.1) is 6.04 Å². The minimum Gasteiger partial charge on any atom is -0.362 e. The van der Waals surface area contributed by atoms with E-state index >= 15 is 0 Å². The Morgan fingerprint density at radius 2 is 2.27 bits per heavy atom. The molecule has 0 aliphatic carbocycles. The van der Waals surface area contributed by atoms with E-state index in [0.717, 1.165) is 12.4 Å². The molecule has 0 aromatic carbocycles. The van der Waals surface area contributed by atoms with E-state index in [0.29, 0.717) is 19.6 Å². The molecule has 0 spiro atoms. The van der Waals surface area contributed by atoms with E-state index < -0.39 is 25.3 Å². The summed E-state index contributed by atoms with van der Waals surface area (Å²) in [7, 11) is 0. The quantitative estimate of drug-likeness (QED) is 0.885. The van der Waals surface area contributed by atoms with Gasteiger partial charge in [-0.25, -0.2) is 4.98 Å².